The standard InChI is InChI=1S/C11H15Br2NO/c1-9(2)8(15)11(13)4-3-10(9,5-6-14)7(11)12/h7-8,15H,3-5H2,1-2H3/t7-,8+,10-,11+/m0/s1. The van der Waals surface area contributed by atoms with Gasteiger partial charge in [0, 0.05) is 16.7 Å². The summed E-state index contributed by atoms with van der Waals surface area (Å²) in [5, 5.41) is 19.4. The van der Waals surface area contributed by atoms with E-state index in [-0.39, 0.29) is 20.0 Å². The maximum absolute atomic E-state index is 10.4. The third-order valence-electron chi connectivity index (χ3n) is 4.68. The summed E-state index contributed by atoms with van der Waals surface area (Å²) in [5.41, 5.74) is -0.302. The fourth-order valence-electron chi connectivity index (χ4n) is 3.47. The summed E-state index contributed by atoms with van der Waals surface area (Å²) in [4.78, 5) is 0.183. The van der Waals surface area contributed by atoms with E-state index in [1.807, 2.05) is 0 Å². The van der Waals surface area contributed by atoms with E-state index in [4.69, 9.17) is 5.26 Å². The maximum atomic E-state index is 10.4. The van der Waals surface area contributed by atoms with Crippen LogP contribution in [0.2, 0.25) is 0 Å². The van der Waals surface area contributed by atoms with Gasteiger partial charge in [-0.2, -0.15) is 5.26 Å². The molecule has 0 aromatic heterocycles. The van der Waals surface area contributed by atoms with E-state index in [9.17, 15) is 5.11 Å². The second kappa shape index (κ2) is 3.21. The Labute approximate surface area is 107 Å². The van der Waals surface area contributed by atoms with Crippen molar-refractivity contribution >= 4 is 31.9 Å². The Kier molecular flexibility index (Phi) is 2.54. The lowest BCUT2D eigenvalue weighted by Crippen LogP contribution is -2.46. The third-order valence-corrected chi connectivity index (χ3v) is 8.27. The first kappa shape index (κ1) is 11.9. The van der Waals surface area contributed by atoms with Crippen LogP contribution in [0, 0.1) is 22.2 Å². The number of hydrogen-bond donors (Lipinski definition) is 1. The van der Waals surface area contributed by atoms with E-state index < -0.39 is 6.10 Å². The minimum absolute atomic E-state index is 0.0926. The van der Waals surface area contributed by atoms with E-state index in [0.717, 1.165) is 12.8 Å². The Balaban J connectivity index is 2.52. The lowest BCUT2D eigenvalue weighted by molar-refractivity contribution is -0.0276. The SMILES string of the molecule is CC1(C)[C@@H](O)[C@@]2(Br)CC[C@]1(CC#N)[C@@H]2Br. The number of alkyl halides is 2. The molecule has 0 unspecified atom stereocenters. The van der Waals surface area contributed by atoms with Crippen molar-refractivity contribution in [3.63, 3.8) is 0 Å². The molecule has 1 N–H and O–H groups in total. The van der Waals surface area contributed by atoms with Crippen LogP contribution < -0.4 is 0 Å². The highest BCUT2D eigenvalue weighted by molar-refractivity contribution is 9.12. The molecular weight excluding hydrogens is 322 g/mol. The van der Waals surface area contributed by atoms with Crippen molar-refractivity contribution in [2.45, 2.75) is 48.4 Å². The summed E-state index contributed by atoms with van der Waals surface area (Å²) in [5.74, 6) is 0. The smallest absolute Gasteiger partial charge is 0.0761 e. The van der Waals surface area contributed by atoms with Crippen molar-refractivity contribution in [2.75, 3.05) is 0 Å². The lowest BCUT2D eigenvalue weighted by Gasteiger charge is -2.44. The lowest BCUT2D eigenvalue weighted by atomic mass is 9.62. The fraction of sp³-hybridized carbons (Fsp3) is 0.909. The Hall–Kier alpha value is 0.410. The van der Waals surface area contributed by atoms with E-state index in [0.29, 0.717) is 6.42 Å². The molecule has 0 saturated heterocycles. The number of aliphatic hydroxyl groups excluding tert-OH is 1. The molecule has 0 spiro atoms. The average Bonchev–Trinajstić information content (AvgIpc) is 2.48. The van der Waals surface area contributed by atoms with Crippen molar-refractivity contribution in [3.05, 3.63) is 0 Å². The highest BCUT2D eigenvalue weighted by atomic mass is 79.9. The minimum atomic E-state index is -0.392. The molecule has 0 aromatic rings. The van der Waals surface area contributed by atoms with Gasteiger partial charge in [-0.1, -0.05) is 45.7 Å². The summed E-state index contributed by atoms with van der Waals surface area (Å²) < 4.78 is -0.243. The molecule has 0 radical (unpaired) electrons. The number of fused-ring (bicyclic) bond motifs is 2. The third kappa shape index (κ3) is 1.13. The van der Waals surface area contributed by atoms with Gasteiger partial charge in [-0.3, -0.25) is 0 Å². The molecule has 4 atom stereocenters. The fourth-order valence-corrected chi connectivity index (χ4v) is 6.14. The van der Waals surface area contributed by atoms with Gasteiger partial charge in [0.05, 0.1) is 16.5 Å². The molecule has 0 heterocycles. The van der Waals surface area contributed by atoms with Crippen LogP contribution in [0.4, 0.5) is 0 Å². The summed E-state index contributed by atoms with van der Waals surface area (Å²) in [6.45, 7) is 4.15. The Bertz CT molecular complexity index is 338. The second-order valence-electron chi connectivity index (χ2n) is 5.40. The molecule has 2 aliphatic carbocycles. The van der Waals surface area contributed by atoms with Crippen molar-refractivity contribution in [1.29, 1.82) is 5.26 Å². The molecule has 0 aromatic carbocycles. The van der Waals surface area contributed by atoms with Crippen LogP contribution in [0.3, 0.4) is 0 Å². The number of rotatable bonds is 1. The molecule has 2 aliphatic rings. The largest absolute Gasteiger partial charge is 0.391 e. The zero-order chi connectivity index (χ0) is 11.5. The predicted octanol–water partition coefficient (Wildman–Crippen LogP) is 2.98. The number of hydrogen-bond acceptors (Lipinski definition) is 2. The van der Waals surface area contributed by atoms with E-state index in [2.05, 4.69) is 51.8 Å². The first-order valence-corrected chi connectivity index (χ1v) is 6.92. The topological polar surface area (TPSA) is 44.0 Å². The van der Waals surface area contributed by atoms with E-state index >= 15 is 0 Å². The molecule has 2 nitrogen and oxygen atoms in total. The van der Waals surface area contributed by atoms with Crippen LogP contribution in [-0.4, -0.2) is 20.4 Å². The molecule has 2 rings (SSSR count). The van der Waals surface area contributed by atoms with Gasteiger partial charge in [-0.25, -0.2) is 0 Å². The van der Waals surface area contributed by atoms with Gasteiger partial charge in [0.25, 0.3) is 0 Å². The van der Waals surface area contributed by atoms with Crippen LogP contribution >= 0.6 is 31.9 Å². The average molecular weight is 337 g/mol. The Morgan fingerprint density at radius 2 is 2.07 bits per heavy atom. The van der Waals surface area contributed by atoms with Crippen molar-refractivity contribution in [2.24, 2.45) is 10.8 Å². The van der Waals surface area contributed by atoms with Crippen LogP contribution in [0.25, 0.3) is 0 Å². The summed E-state index contributed by atoms with van der Waals surface area (Å²) in [6.07, 6.45) is 2.07. The molecule has 2 bridgehead atoms. The zero-order valence-corrected chi connectivity index (χ0v) is 12.1. The molecular formula is C11H15Br2NO. The highest BCUT2D eigenvalue weighted by Gasteiger charge is 2.73. The van der Waals surface area contributed by atoms with Crippen LogP contribution in [-0.2, 0) is 0 Å². The van der Waals surface area contributed by atoms with Crippen molar-refractivity contribution in [3.8, 4) is 6.07 Å². The molecule has 84 valence electrons. The van der Waals surface area contributed by atoms with Crippen LogP contribution in [0.5, 0.6) is 0 Å². The normalized spacial score (nSPS) is 51.7. The van der Waals surface area contributed by atoms with Gasteiger partial charge in [-0.05, 0) is 18.3 Å². The maximum Gasteiger partial charge on any atom is 0.0761 e. The second-order valence-corrected chi connectivity index (χ2v) is 7.80. The summed E-state index contributed by atoms with van der Waals surface area (Å²) in [6, 6.07) is 2.29. The molecule has 0 aliphatic heterocycles. The van der Waals surface area contributed by atoms with E-state index in [1.54, 1.807) is 0 Å². The Morgan fingerprint density at radius 3 is 2.47 bits per heavy atom. The van der Waals surface area contributed by atoms with Crippen LogP contribution in [0.1, 0.15) is 33.1 Å². The number of nitriles is 1. The summed E-state index contributed by atoms with van der Waals surface area (Å²) in [7, 11) is 0. The molecule has 0 amide bonds. The van der Waals surface area contributed by atoms with Gasteiger partial charge >= 0.3 is 0 Å². The monoisotopic (exact) mass is 335 g/mol. The van der Waals surface area contributed by atoms with Crippen molar-refractivity contribution in [1.82, 2.24) is 0 Å². The van der Waals surface area contributed by atoms with Gasteiger partial charge in [0.15, 0.2) is 0 Å². The first-order chi connectivity index (χ1) is 6.83. The molecule has 4 heteroatoms. The number of nitrogens with zero attached hydrogens (tertiary/aromatic N) is 1. The quantitative estimate of drug-likeness (QED) is 0.748. The summed E-state index contributed by atoms with van der Waals surface area (Å²) >= 11 is 7.40. The Morgan fingerprint density at radius 1 is 1.47 bits per heavy atom. The van der Waals surface area contributed by atoms with Gasteiger partial charge < -0.3 is 5.11 Å². The zero-order valence-electron chi connectivity index (χ0n) is 8.93. The van der Waals surface area contributed by atoms with Gasteiger partial charge in [-0.15, -0.1) is 0 Å². The number of halogens is 2. The molecule has 2 saturated carbocycles. The predicted molar refractivity (Wildman–Crippen MR) is 66.1 cm³/mol. The first-order valence-electron chi connectivity index (χ1n) is 5.21. The molecule has 2 fully saturated rings. The van der Waals surface area contributed by atoms with Crippen LogP contribution in [0.15, 0.2) is 0 Å². The van der Waals surface area contributed by atoms with E-state index in [1.165, 1.54) is 0 Å². The highest BCUT2D eigenvalue weighted by Crippen LogP contribution is 2.72. The van der Waals surface area contributed by atoms with Crippen molar-refractivity contribution < 1.29 is 5.11 Å². The number of aliphatic hydroxyl groups is 1. The minimum Gasteiger partial charge on any atom is -0.391 e. The van der Waals surface area contributed by atoms with Gasteiger partial charge in [0.2, 0.25) is 0 Å². The van der Waals surface area contributed by atoms with Gasteiger partial charge in [0.1, 0.15) is 0 Å². The molecule has 15 heavy (non-hydrogen) atoms.